The smallest absolute Gasteiger partial charge is 0.141 e. The first kappa shape index (κ1) is 21.0. The SMILES string of the molecule is Cl.Cl.Oc1c([C@H](C2CCCC2)N2CCNCC2)ccc(F)c1Br. The first-order valence-electron chi connectivity index (χ1n) is 7.80. The Hall–Kier alpha value is -0.0700. The van der Waals surface area contributed by atoms with Gasteiger partial charge in [0.05, 0.1) is 4.47 Å². The molecule has 0 radical (unpaired) electrons. The van der Waals surface area contributed by atoms with Crippen molar-refractivity contribution in [3.8, 4) is 5.75 Å². The van der Waals surface area contributed by atoms with E-state index in [4.69, 9.17) is 0 Å². The Labute approximate surface area is 158 Å². The summed E-state index contributed by atoms with van der Waals surface area (Å²) in [6, 6.07) is 3.43. The van der Waals surface area contributed by atoms with E-state index in [1.165, 1.54) is 31.7 Å². The summed E-state index contributed by atoms with van der Waals surface area (Å²) in [5.74, 6) is 0.235. The highest BCUT2D eigenvalue weighted by Gasteiger charge is 2.34. The molecule has 1 heterocycles. The van der Waals surface area contributed by atoms with Gasteiger partial charge in [-0.05, 0) is 40.8 Å². The zero-order valence-electron chi connectivity index (χ0n) is 12.9. The molecule has 1 aliphatic carbocycles. The van der Waals surface area contributed by atoms with Gasteiger partial charge in [-0.15, -0.1) is 24.8 Å². The molecule has 1 saturated heterocycles. The van der Waals surface area contributed by atoms with Crippen molar-refractivity contribution in [2.24, 2.45) is 5.92 Å². The number of hydrogen-bond acceptors (Lipinski definition) is 3. The van der Waals surface area contributed by atoms with Crippen LogP contribution in [-0.2, 0) is 0 Å². The second kappa shape index (κ2) is 9.42. The molecule has 1 aliphatic heterocycles. The molecule has 2 fully saturated rings. The first-order valence-corrected chi connectivity index (χ1v) is 8.59. The highest BCUT2D eigenvalue weighted by molar-refractivity contribution is 9.10. The summed E-state index contributed by atoms with van der Waals surface area (Å²) >= 11 is 3.18. The van der Waals surface area contributed by atoms with Gasteiger partial charge in [0.1, 0.15) is 11.6 Å². The van der Waals surface area contributed by atoms with E-state index in [2.05, 4.69) is 26.1 Å². The van der Waals surface area contributed by atoms with Crippen LogP contribution in [0.25, 0.3) is 0 Å². The fourth-order valence-electron chi connectivity index (χ4n) is 3.78. The Morgan fingerprint density at radius 3 is 2.39 bits per heavy atom. The molecule has 0 aromatic heterocycles. The summed E-state index contributed by atoms with van der Waals surface area (Å²) in [4.78, 5) is 2.45. The van der Waals surface area contributed by atoms with Gasteiger partial charge in [-0.1, -0.05) is 18.9 Å². The maximum absolute atomic E-state index is 13.6. The van der Waals surface area contributed by atoms with E-state index in [0.29, 0.717) is 5.92 Å². The average Bonchev–Trinajstić information content (AvgIpc) is 3.03. The van der Waals surface area contributed by atoms with Gasteiger partial charge in [0.2, 0.25) is 0 Å². The zero-order chi connectivity index (χ0) is 14.8. The van der Waals surface area contributed by atoms with E-state index in [-0.39, 0.29) is 41.1 Å². The lowest BCUT2D eigenvalue weighted by Crippen LogP contribution is -2.46. The number of nitrogens with one attached hydrogen (secondary N) is 1. The number of rotatable bonds is 3. The molecular weight excluding hydrogens is 406 g/mol. The number of phenols is 1. The molecule has 23 heavy (non-hydrogen) atoms. The van der Waals surface area contributed by atoms with Crippen molar-refractivity contribution >= 4 is 40.7 Å². The van der Waals surface area contributed by atoms with Crippen molar-refractivity contribution in [2.75, 3.05) is 26.2 Å². The van der Waals surface area contributed by atoms with Gasteiger partial charge >= 0.3 is 0 Å². The van der Waals surface area contributed by atoms with Gasteiger partial charge in [-0.3, -0.25) is 4.90 Å². The van der Waals surface area contributed by atoms with Gasteiger partial charge in [-0.2, -0.15) is 0 Å². The van der Waals surface area contributed by atoms with Gasteiger partial charge in [-0.25, -0.2) is 4.39 Å². The van der Waals surface area contributed by atoms with Crippen LogP contribution in [-0.4, -0.2) is 36.2 Å². The number of piperazine rings is 1. The summed E-state index contributed by atoms with van der Waals surface area (Å²) < 4.78 is 13.8. The Balaban J connectivity index is 0.00000132. The highest BCUT2D eigenvalue weighted by atomic mass is 79.9. The van der Waals surface area contributed by atoms with Crippen LogP contribution in [0, 0.1) is 11.7 Å². The van der Waals surface area contributed by atoms with E-state index in [1.54, 1.807) is 6.07 Å². The Bertz CT molecular complexity index is 509. The van der Waals surface area contributed by atoms with E-state index in [0.717, 1.165) is 31.7 Å². The van der Waals surface area contributed by atoms with Crippen LogP contribution in [0.4, 0.5) is 4.39 Å². The lowest BCUT2D eigenvalue weighted by Gasteiger charge is -2.39. The molecule has 7 heteroatoms. The van der Waals surface area contributed by atoms with Crippen molar-refractivity contribution in [3.63, 3.8) is 0 Å². The molecule has 3 rings (SSSR count). The molecule has 1 aromatic carbocycles. The van der Waals surface area contributed by atoms with Crippen molar-refractivity contribution in [1.82, 2.24) is 10.2 Å². The zero-order valence-corrected chi connectivity index (χ0v) is 16.2. The molecule has 3 nitrogen and oxygen atoms in total. The fourth-order valence-corrected chi connectivity index (χ4v) is 4.14. The molecule has 0 unspecified atom stereocenters. The normalized spacial score (nSPS) is 20.6. The molecule has 0 bridgehead atoms. The summed E-state index contributed by atoms with van der Waals surface area (Å²) in [6.07, 6.45) is 4.92. The quantitative estimate of drug-likeness (QED) is 0.752. The minimum Gasteiger partial charge on any atom is -0.506 e. The van der Waals surface area contributed by atoms with Crippen LogP contribution < -0.4 is 5.32 Å². The van der Waals surface area contributed by atoms with Gasteiger partial charge < -0.3 is 10.4 Å². The maximum Gasteiger partial charge on any atom is 0.141 e. The monoisotopic (exact) mass is 428 g/mol. The van der Waals surface area contributed by atoms with Crippen LogP contribution in [0.15, 0.2) is 16.6 Å². The minimum absolute atomic E-state index is 0. The van der Waals surface area contributed by atoms with Crippen LogP contribution in [0.1, 0.15) is 37.3 Å². The third-order valence-corrected chi connectivity index (χ3v) is 5.56. The Morgan fingerprint density at radius 2 is 1.78 bits per heavy atom. The molecule has 2 aliphatic rings. The molecule has 2 N–H and O–H groups in total. The molecule has 1 atom stereocenters. The molecule has 1 saturated carbocycles. The first-order chi connectivity index (χ1) is 10.2. The van der Waals surface area contributed by atoms with Gasteiger partial charge in [0.25, 0.3) is 0 Å². The molecule has 0 amide bonds. The largest absolute Gasteiger partial charge is 0.506 e. The maximum atomic E-state index is 13.6. The molecule has 1 aromatic rings. The van der Waals surface area contributed by atoms with Gasteiger partial charge in [0, 0.05) is 37.8 Å². The average molecular weight is 430 g/mol. The van der Waals surface area contributed by atoms with Crippen molar-refractivity contribution < 1.29 is 9.50 Å². The van der Waals surface area contributed by atoms with Gasteiger partial charge in [0.15, 0.2) is 0 Å². The van der Waals surface area contributed by atoms with E-state index >= 15 is 0 Å². The standard InChI is InChI=1S/C16H22BrFN2O.2ClH/c17-14-13(18)6-5-12(16(14)21)15(11-3-1-2-4-11)20-9-7-19-8-10-20;;/h5-6,11,15,19,21H,1-4,7-10H2;2*1H/t15-;;/m0../s1. The van der Waals surface area contributed by atoms with E-state index in [1.807, 2.05) is 0 Å². The van der Waals surface area contributed by atoms with Crippen molar-refractivity contribution in [1.29, 1.82) is 0 Å². The lowest BCUT2D eigenvalue weighted by atomic mass is 9.89. The Morgan fingerprint density at radius 1 is 1.17 bits per heavy atom. The summed E-state index contributed by atoms with van der Waals surface area (Å²) in [6.45, 7) is 3.92. The molecule has 0 spiro atoms. The number of hydrogen-bond donors (Lipinski definition) is 2. The lowest BCUT2D eigenvalue weighted by molar-refractivity contribution is 0.123. The highest BCUT2D eigenvalue weighted by Crippen LogP contribution is 2.44. The number of halogens is 4. The predicted octanol–water partition coefficient (Wildman–Crippen LogP) is 4.27. The summed E-state index contributed by atoms with van der Waals surface area (Å²) in [7, 11) is 0. The second-order valence-electron chi connectivity index (χ2n) is 6.07. The van der Waals surface area contributed by atoms with E-state index in [9.17, 15) is 9.50 Å². The number of benzene rings is 1. The van der Waals surface area contributed by atoms with Crippen LogP contribution in [0.2, 0.25) is 0 Å². The second-order valence-corrected chi connectivity index (χ2v) is 6.87. The van der Waals surface area contributed by atoms with E-state index < -0.39 is 5.82 Å². The van der Waals surface area contributed by atoms with Crippen LogP contribution in [0.3, 0.4) is 0 Å². The Kier molecular flexibility index (Phi) is 8.59. The molecular formula is C16H24BrCl2FN2O. The number of phenolic OH excluding ortho intramolecular Hbond substituents is 1. The summed E-state index contributed by atoms with van der Waals surface area (Å²) in [5.41, 5.74) is 0.872. The summed E-state index contributed by atoms with van der Waals surface area (Å²) in [5, 5.41) is 13.8. The van der Waals surface area contributed by atoms with Crippen LogP contribution in [0.5, 0.6) is 5.75 Å². The van der Waals surface area contributed by atoms with Crippen LogP contribution >= 0.6 is 40.7 Å². The third-order valence-electron chi connectivity index (χ3n) is 4.81. The third kappa shape index (κ3) is 4.51. The number of aromatic hydroxyl groups is 1. The van der Waals surface area contributed by atoms with Crippen molar-refractivity contribution in [2.45, 2.75) is 31.7 Å². The number of nitrogens with zero attached hydrogens (tertiary/aromatic N) is 1. The van der Waals surface area contributed by atoms with Crippen molar-refractivity contribution in [3.05, 3.63) is 28.0 Å². The molecule has 132 valence electrons. The fraction of sp³-hybridized carbons (Fsp3) is 0.625. The minimum atomic E-state index is -0.401. The predicted molar refractivity (Wildman–Crippen MR) is 99.4 cm³/mol. The topological polar surface area (TPSA) is 35.5 Å².